The van der Waals surface area contributed by atoms with Crippen LogP contribution in [-0.4, -0.2) is 72.1 Å². The van der Waals surface area contributed by atoms with Gasteiger partial charge in [0, 0.05) is 60.5 Å². The van der Waals surface area contributed by atoms with E-state index in [1.165, 1.54) is 40.2 Å². The normalized spacial score (nSPS) is 22.0. The zero-order valence-corrected chi connectivity index (χ0v) is 27.9. The third-order valence-corrected chi connectivity index (χ3v) is 11.3. The van der Waals surface area contributed by atoms with Gasteiger partial charge in [0.05, 0.1) is 30.2 Å². The first-order valence-corrected chi connectivity index (χ1v) is 17.8. The number of fused-ring (bicyclic) bond motifs is 2. The Morgan fingerprint density at radius 2 is 1.92 bits per heavy atom. The van der Waals surface area contributed by atoms with E-state index in [0.717, 1.165) is 56.4 Å². The number of benzene rings is 2. The number of carbonyl (C=O) groups excluding carboxylic acids is 1. The molecule has 256 valence electrons. The van der Waals surface area contributed by atoms with Crippen LogP contribution in [0.4, 0.5) is 18.3 Å². The van der Waals surface area contributed by atoms with E-state index in [4.69, 9.17) is 5.10 Å². The predicted molar refractivity (Wildman–Crippen MR) is 182 cm³/mol. The van der Waals surface area contributed by atoms with Gasteiger partial charge in [-0.25, -0.2) is 23.1 Å². The molecular weight excluding hydrogens is 652 g/mol. The number of likely N-dealkylation sites (tertiary alicyclic amines) is 1. The van der Waals surface area contributed by atoms with Gasteiger partial charge in [0.1, 0.15) is 6.17 Å². The molecule has 1 aliphatic carbocycles. The number of nitrogens with zero attached hydrogens (tertiary/aromatic N) is 6. The minimum Gasteiger partial charge on any atom is -0.393 e. The third-order valence-electron chi connectivity index (χ3n) is 10.6. The number of amides is 1. The van der Waals surface area contributed by atoms with Gasteiger partial charge in [-0.2, -0.15) is 5.10 Å². The maximum atomic E-state index is 14.7. The molecule has 1 saturated carbocycles. The summed E-state index contributed by atoms with van der Waals surface area (Å²) < 4.78 is 46.9. The van der Waals surface area contributed by atoms with Crippen molar-refractivity contribution in [3.8, 4) is 11.1 Å². The van der Waals surface area contributed by atoms with Crippen molar-refractivity contribution in [2.45, 2.75) is 76.2 Å². The first kappa shape index (κ1) is 32.2. The van der Waals surface area contributed by atoms with E-state index in [1.807, 2.05) is 19.1 Å². The van der Waals surface area contributed by atoms with Crippen LogP contribution in [-0.2, 0) is 17.8 Å². The number of aryl methyl sites for hydroxylation is 1. The highest BCUT2D eigenvalue weighted by Crippen LogP contribution is 2.43. The van der Waals surface area contributed by atoms with Gasteiger partial charge in [0.25, 0.3) is 12.3 Å². The van der Waals surface area contributed by atoms with Crippen molar-refractivity contribution >= 4 is 33.3 Å². The van der Waals surface area contributed by atoms with E-state index >= 15 is 0 Å². The van der Waals surface area contributed by atoms with Crippen LogP contribution < -0.4 is 5.32 Å². The van der Waals surface area contributed by atoms with Crippen LogP contribution >= 0.6 is 11.3 Å². The lowest BCUT2D eigenvalue weighted by molar-refractivity contribution is -0.118. The number of thiazole rings is 1. The molecule has 1 amide bonds. The van der Waals surface area contributed by atoms with Crippen molar-refractivity contribution in [2.24, 2.45) is 5.92 Å². The summed E-state index contributed by atoms with van der Waals surface area (Å²) in [5, 5.41) is 19.7. The molecule has 8 rings (SSSR count). The van der Waals surface area contributed by atoms with Crippen molar-refractivity contribution in [3.63, 3.8) is 0 Å². The maximum Gasteiger partial charge on any atom is 0.264 e. The van der Waals surface area contributed by atoms with Crippen molar-refractivity contribution in [2.75, 3.05) is 25.0 Å². The Bertz CT molecular complexity index is 1960. The molecule has 3 aromatic heterocycles. The summed E-state index contributed by atoms with van der Waals surface area (Å²) in [4.78, 5) is 24.9. The molecule has 0 spiro atoms. The molecule has 2 fully saturated rings. The summed E-state index contributed by atoms with van der Waals surface area (Å²) in [7, 11) is 0. The molecular formula is C36H38F3N7O2S. The first-order chi connectivity index (χ1) is 23.7. The number of anilines is 1. The number of aliphatic hydroxyl groups excluding tert-OH is 1. The van der Waals surface area contributed by atoms with Crippen LogP contribution in [0.3, 0.4) is 0 Å². The molecule has 9 nitrogen and oxygen atoms in total. The summed E-state index contributed by atoms with van der Waals surface area (Å²) in [6.07, 6.45) is 4.59. The second kappa shape index (κ2) is 13.0. The summed E-state index contributed by atoms with van der Waals surface area (Å²) in [6, 6.07) is 8.62. The van der Waals surface area contributed by atoms with Crippen molar-refractivity contribution < 1.29 is 23.1 Å². The molecule has 49 heavy (non-hydrogen) atoms. The highest BCUT2D eigenvalue weighted by atomic mass is 32.1. The molecule has 5 aromatic rings. The van der Waals surface area contributed by atoms with Gasteiger partial charge in [0.2, 0.25) is 0 Å². The average molecular weight is 690 g/mol. The van der Waals surface area contributed by atoms with Crippen LogP contribution in [0, 0.1) is 12.8 Å². The van der Waals surface area contributed by atoms with E-state index in [2.05, 4.69) is 32.3 Å². The smallest absolute Gasteiger partial charge is 0.264 e. The summed E-state index contributed by atoms with van der Waals surface area (Å²) >= 11 is 1.25. The van der Waals surface area contributed by atoms with E-state index in [9.17, 15) is 23.1 Å². The molecule has 2 atom stereocenters. The summed E-state index contributed by atoms with van der Waals surface area (Å²) in [5.41, 5.74) is 4.57. The summed E-state index contributed by atoms with van der Waals surface area (Å²) in [6.45, 7) is 5.01. The Labute approximate surface area is 285 Å². The van der Waals surface area contributed by atoms with E-state index in [1.54, 1.807) is 16.1 Å². The number of hydrogen-bond donors (Lipinski definition) is 2. The molecule has 5 heterocycles. The van der Waals surface area contributed by atoms with E-state index in [0.29, 0.717) is 39.4 Å². The minimum absolute atomic E-state index is 0.101. The molecule has 13 heteroatoms. The van der Waals surface area contributed by atoms with Gasteiger partial charge in [0.15, 0.2) is 11.2 Å². The average Bonchev–Trinajstić information content (AvgIpc) is 3.87. The van der Waals surface area contributed by atoms with Gasteiger partial charge in [-0.05, 0) is 72.8 Å². The number of nitrogens with one attached hydrogen (secondary N) is 1. The Hall–Kier alpha value is -4.07. The molecule has 2 aromatic carbocycles. The summed E-state index contributed by atoms with van der Waals surface area (Å²) in [5.74, 6) is 0.642. The molecule has 2 N–H and O–H groups in total. The van der Waals surface area contributed by atoms with E-state index in [-0.39, 0.29) is 30.0 Å². The topological polar surface area (TPSA) is 101 Å². The molecule has 1 saturated heterocycles. The quantitative estimate of drug-likeness (QED) is 0.179. The standard InChI is InChI=1S/C36H38F3N7O2S/c1-20-27(23-4-2-22(3-5-23)24-12-21(13-24)16-44-9-6-26(47)7-10-44)15-28(34(38)39)29-18-46(43-31(20)29)33(35(48)42-36-40-8-11-49-36)32-30-14-25(37)17-45(30)19-41-32/h2-5,8,11,15,18-19,21,24-26,33-34,47H,6-7,9-10,12-14,16-17H2,1H3,(H,40,42,48)/t21?,24?,25-,33?/m1/s1. The van der Waals surface area contributed by atoms with Crippen molar-refractivity contribution in [3.05, 3.63) is 82.5 Å². The Morgan fingerprint density at radius 1 is 1.14 bits per heavy atom. The SMILES string of the molecule is Cc1c(-c2ccc(C3CC(CN4CCC(O)CC4)C3)cc2)cc(C(F)F)c2cn(C(C(=O)Nc3nccs3)c3ncn4c3C[C@@H](F)C4)nc12. The first-order valence-electron chi connectivity index (χ1n) is 16.9. The highest BCUT2D eigenvalue weighted by molar-refractivity contribution is 7.13. The zero-order valence-electron chi connectivity index (χ0n) is 27.1. The second-order valence-electron chi connectivity index (χ2n) is 13.8. The van der Waals surface area contributed by atoms with Gasteiger partial charge < -0.3 is 14.6 Å². The number of imidazole rings is 1. The number of aliphatic hydroxyl groups is 1. The van der Waals surface area contributed by atoms with Crippen LogP contribution in [0.25, 0.3) is 22.0 Å². The van der Waals surface area contributed by atoms with Crippen LogP contribution in [0.2, 0.25) is 0 Å². The monoisotopic (exact) mass is 689 g/mol. The molecule has 2 aliphatic heterocycles. The number of alkyl halides is 3. The maximum absolute atomic E-state index is 14.7. The van der Waals surface area contributed by atoms with Gasteiger partial charge >= 0.3 is 0 Å². The van der Waals surface area contributed by atoms with Crippen molar-refractivity contribution in [1.82, 2.24) is 29.2 Å². The van der Waals surface area contributed by atoms with Crippen LogP contribution in [0.1, 0.15) is 72.1 Å². The third kappa shape index (κ3) is 6.16. The highest BCUT2D eigenvalue weighted by Gasteiger charge is 2.35. The lowest BCUT2D eigenvalue weighted by Crippen LogP contribution is -2.41. The fraction of sp³-hybridized carbons (Fsp3) is 0.444. The number of hydrogen-bond acceptors (Lipinski definition) is 7. The predicted octanol–water partition coefficient (Wildman–Crippen LogP) is 6.67. The van der Waals surface area contributed by atoms with Crippen molar-refractivity contribution in [1.29, 1.82) is 0 Å². The Balaban J connectivity index is 1.09. The van der Waals surface area contributed by atoms with Gasteiger partial charge in [-0.15, -0.1) is 11.3 Å². The number of aromatic nitrogens is 5. The van der Waals surface area contributed by atoms with Gasteiger partial charge in [-0.3, -0.25) is 14.8 Å². The lowest BCUT2D eigenvalue weighted by atomic mass is 9.71. The molecule has 0 bridgehead atoms. The fourth-order valence-corrected chi connectivity index (χ4v) is 8.40. The molecule has 3 aliphatic rings. The number of piperidine rings is 1. The fourth-order valence-electron chi connectivity index (χ4n) is 7.87. The molecule has 0 radical (unpaired) electrons. The number of halogens is 3. The second-order valence-corrected chi connectivity index (χ2v) is 14.7. The zero-order chi connectivity index (χ0) is 33.8. The largest absolute Gasteiger partial charge is 0.393 e. The minimum atomic E-state index is -2.78. The molecule has 1 unspecified atom stereocenters. The number of rotatable bonds is 9. The van der Waals surface area contributed by atoms with E-state index < -0.39 is 24.5 Å². The Morgan fingerprint density at radius 3 is 2.63 bits per heavy atom. The Kier molecular flexibility index (Phi) is 8.53. The van der Waals surface area contributed by atoms with Crippen LogP contribution in [0.15, 0.2) is 54.4 Å². The lowest BCUT2D eigenvalue weighted by Gasteiger charge is -2.40. The van der Waals surface area contributed by atoms with Gasteiger partial charge in [-0.1, -0.05) is 24.3 Å². The van der Waals surface area contributed by atoms with Crippen LogP contribution in [0.5, 0.6) is 0 Å². The number of carbonyl (C=O) groups is 1.